The molecule has 1 fully saturated rings. The number of hydrogen-bond donors (Lipinski definition) is 1. The molecule has 2 heterocycles. The zero-order chi connectivity index (χ0) is 15.8. The summed E-state index contributed by atoms with van der Waals surface area (Å²) in [6.45, 7) is 3.28. The largest absolute Gasteiger partial charge is 0.381 e. The van der Waals surface area contributed by atoms with Crippen molar-refractivity contribution in [3.8, 4) is 0 Å². The summed E-state index contributed by atoms with van der Waals surface area (Å²) >= 11 is 0. The van der Waals surface area contributed by atoms with Crippen molar-refractivity contribution in [2.45, 2.75) is 32.1 Å². The second-order valence-electron chi connectivity index (χ2n) is 6.08. The maximum absolute atomic E-state index is 12.0. The zero-order valence-electron chi connectivity index (χ0n) is 13.8. The van der Waals surface area contributed by atoms with E-state index in [0.29, 0.717) is 5.92 Å². The lowest BCUT2D eigenvalue weighted by molar-refractivity contribution is 0.183. The highest BCUT2D eigenvalue weighted by atomic mass is 16.5. The molecule has 0 aromatic carbocycles. The third-order valence-corrected chi connectivity index (χ3v) is 4.25. The van der Waals surface area contributed by atoms with Crippen LogP contribution in [0, 0.1) is 5.92 Å². The van der Waals surface area contributed by atoms with Gasteiger partial charge in [0, 0.05) is 59.2 Å². The molecule has 0 aliphatic carbocycles. The van der Waals surface area contributed by atoms with Gasteiger partial charge < -0.3 is 19.5 Å². The molecular weight excluding hydrogens is 280 g/mol. The molecule has 0 saturated carbocycles. The van der Waals surface area contributed by atoms with Crippen molar-refractivity contribution in [2.24, 2.45) is 13.0 Å². The molecule has 22 heavy (non-hydrogen) atoms. The lowest BCUT2D eigenvalue weighted by atomic mass is 10.0. The second-order valence-corrected chi connectivity index (χ2v) is 6.08. The van der Waals surface area contributed by atoms with Gasteiger partial charge in [0.15, 0.2) is 0 Å². The van der Waals surface area contributed by atoms with E-state index in [1.165, 1.54) is 6.42 Å². The van der Waals surface area contributed by atoms with Crippen LogP contribution in [0.4, 0.5) is 4.79 Å². The number of rotatable bonds is 8. The number of imidazole rings is 1. The molecule has 2 amide bonds. The number of amides is 2. The topological polar surface area (TPSA) is 59.4 Å². The number of nitrogens with one attached hydrogen (secondary N) is 1. The molecule has 124 valence electrons. The van der Waals surface area contributed by atoms with Crippen molar-refractivity contribution < 1.29 is 9.53 Å². The highest BCUT2D eigenvalue weighted by Crippen LogP contribution is 2.17. The fourth-order valence-electron chi connectivity index (χ4n) is 2.75. The average molecular weight is 308 g/mol. The smallest absolute Gasteiger partial charge is 0.317 e. The van der Waals surface area contributed by atoms with E-state index >= 15 is 0 Å². The highest BCUT2D eigenvalue weighted by Gasteiger charge is 2.15. The van der Waals surface area contributed by atoms with E-state index in [1.807, 2.05) is 24.9 Å². The van der Waals surface area contributed by atoms with Gasteiger partial charge in [-0.1, -0.05) is 0 Å². The first-order chi connectivity index (χ1) is 10.7. The van der Waals surface area contributed by atoms with Gasteiger partial charge in [-0.15, -0.1) is 0 Å². The SMILES string of the molecule is CN(CCCc1nccn1C)C(=O)NCCCC1CCOC1. The van der Waals surface area contributed by atoms with Crippen molar-refractivity contribution in [2.75, 3.05) is 33.4 Å². The number of ether oxygens (including phenoxy) is 1. The van der Waals surface area contributed by atoms with Gasteiger partial charge in [0.05, 0.1) is 0 Å². The molecule has 1 saturated heterocycles. The molecule has 1 N–H and O–H groups in total. The van der Waals surface area contributed by atoms with Crippen LogP contribution in [0.15, 0.2) is 12.4 Å². The maximum Gasteiger partial charge on any atom is 0.317 e. The number of nitrogens with zero attached hydrogens (tertiary/aromatic N) is 3. The molecule has 1 aromatic rings. The number of carbonyl (C=O) groups is 1. The van der Waals surface area contributed by atoms with E-state index in [0.717, 1.165) is 57.8 Å². The molecule has 0 bridgehead atoms. The number of aromatic nitrogens is 2. The van der Waals surface area contributed by atoms with Gasteiger partial charge in [-0.2, -0.15) is 0 Å². The van der Waals surface area contributed by atoms with Crippen molar-refractivity contribution in [1.82, 2.24) is 19.8 Å². The van der Waals surface area contributed by atoms with Crippen LogP contribution in [-0.2, 0) is 18.2 Å². The minimum Gasteiger partial charge on any atom is -0.381 e. The molecule has 6 heteroatoms. The number of urea groups is 1. The molecule has 1 atom stereocenters. The number of aryl methyl sites for hydroxylation is 2. The monoisotopic (exact) mass is 308 g/mol. The summed E-state index contributed by atoms with van der Waals surface area (Å²) in [5.41, 5.74) is 0. The van der Waals surface area contributed by atoms with E-state index in [9.17, 15) is 4.79 Å². The van der Waals surface area contributed by atoms with E-state index in [2.05, 4.69) is 10.3 Å². The fraction of sp³-hybridized carbons (Fsp3) is 0.750. The Morgan fingerprint density at radius 3 is 3.09 bits per heavy atom. The van der Waals surface area contributed by atoms with Crippen molar-refractivity contribution in [3.63, 3.8) is 0 Å². The molecule has 1 aliphatic heterocycles. The number of hydrogen-bond acceptors (Lipinski definition) is 3. The Balaban J connectivity index is 1.53. The quantitative estimate of drug-likeness (QED) is 0.745. The van der Waals surface area contributed by atoms with Crippen LogP contribution >= 0.6 is 0 Å². The van der Waals surface area contributed by atoms with Crippen LogP contribution in [0.25, 0.3) is 0 Å². The summed E-state index contributed by atoms with van der Waals surface area (Å²) in [5, 5.41) is 2.99. The minimum absolute atomic E-state index is 0.0162. The van der Waals surface area contributed by atoms with Crippen LogP contribution in [0.3, 0.4) is 0 Å². The third kappa shape index (κ3) is 5.33. The normalized spacial score (nSPS) is 17.6. The first-order valence-corrected chi connectivity index (χ1v) is 8.19. The van der Waals surface area contributed by atoms with Crippen molar-refractivity contribution >= 4 is 6.03 Å². The van der Waals surface area contributed by atoms with E-state index < -0.39 is 0 Å². The molecule has 1 aromatic heterocycles. The molecule has 1 aliphatic rings. The van der Waals surface area contributed by atoms with Gasteiger partial charge in [-0.05, 0) is 31.6 Å². The zero-order valence-corrected chi connectivity index (χ0v) is 13.8. The van der Waals surface area contributed by atoms with E-state index in [-0.39, 0.29) is 6.03 Å². The molecular formula is C16H28N4O2. The lowest BCUT2D eigenvalue weighted by Crippen LogP contribution is -2.38. The Labute approximate surface area is 132 Å². The van der Waals surface area contributed by atoms with Crippen LogP contribution in [0.2, 0.25) is 0 Å². The third-order valence-electron chi connectivity index (χ3n) is 4.25. The minimum atomic E-state index is 0.0162. The summed E-state index contributed by atoms with van der Waals surface area (Å²) < 4.78 is 7.37. The van der Waals surface area contributed by atoms with Gasteiger partial charge in [-0.3, -0.25) is 0 Å². The predicted octanol–water partition coefficient (Wildman–Crippen LogP) is 1.81. The van der Waals surface area contributed by atoms with Crippen molar-refractivity contribution in [1.29, 1.82) is 0 Å². The van der Waals surface area contributed by atoms with Gasteiger partial charge in [0.25, 0.3) is 0 Å². The molecule has 0 spiro atoms. The Morgan fingerprint density at radius 2 is 2.41 bits per heavy atom. The first kappa shape index (κ1) is 16.8. The summed E-state index contributed by atoms with van der Waals surface area (Å²) in [6, 6.07) is 0.0162. The van der Waals surface area contributed by atoms with Gasteiger partial charge in [0.2, 0.25) is 0 Å². The van der Waals surface area contributed by atoms with Crippen LogP contribution < -0.4 is 5.32 Å². The van der Waals surface area contributed by atoms with E-state index in [1.54, 1.807) is 11.1 Å². The summed E-state index contributed by atoms with van der Waals surface area (Å²) in [6.07, 6.45) is 8.91. The number of carbonyl (C=O) groups excluding carboxylic acids is 1. The van der Waals surface area contributed by atoms with Crippen LogP contribution in [0.5, 0.6) is 0 Å². The average Bonchev–Trinajstić information content (AvgIpc) is 3.15. The lowest BCUT2D eigenvalue weighted by Gasteiger charge is -2.18. The van der Waals surface area contributed by atoms with Gasteiger partial charge >= 0.3 is 6.03 Å². The molecule has 6 nitrogen and oxygen atoms in total. The Kier molecular flexibility index (Phi) is 6.71. The Bertz CT molecular complexity index is 455. The molecule has 1 unspecified atom stereocenters. The summed E-state index contributed by atoms with van der Waals surface area (Å²) in [4.78, 5) is 18.0. The maximum atomic E-state index is 12.0. The second kappa shape index (κ2) is 8.78. The fourth-order valence-corrected chi connectivity index (χ4v) is 2.75. The molecule has 0 radical (unpaired) electrons. The summed E-state index contributed by atoms with van der Waals surface area (Å²) in [7, 11) is 3.84. The van der Waals surface area contributed by atoms with Crippen LogP contribution in [0.1, 0.15) is 31.5 Å². The Hall–Kier alpha value is -1.56. The molecule has 2 rings (SSSR count). The predicted molar refractivity (Wildman–Crippen MR) is 85.7 cm³/mol. The Morgan fingerprint density at radius 1 is 1.55 bits per heavy atom. The van der Waals surface area contributed by atoms with Crippen molar-refractivity contribution in [3.05, 3.63) is 18.2 Å². The van der Waals surface area contributed by atoms with E-state index in [4.69, 9.17) is 4.74 Å². The summed E-state index contributed by atoms with van der Waals surface area (Å²) in [5.74, 6) is 1.75. The standard InChI is InChI=1S/C16H28N4O2/c1-19-11-9-17-15(19)6-4-10-20(2)16(21)18-8-3-5-14-7-12-22-13-14/h9,11,14H,3-8,10,12-13H2,1-2H3,(H,18,21). The van der Waals surface area contributed by atoms with Crippen LogP contribution in [-0.4, -0.2) is 53.8 Å². The van der Waals surface area contributed by atoms with Gasteiger partial charge in [0.1, 0.15) is 5.82 Å². The highest BCUT2D eigenvalue weighted by molar-refractivity contribution is 5.73. The first-order valence-electron chi connectivity index (χ1n) is 8.19. The van der Waals surface area contributed by atoms with Gasteiger partial charge in [-0.25, -0.2) is 9.78 Å².